The molecule has 0 fully saturated rings. The molecular formula is C11H12BrNO3. The van der Waals surface area contributed by atoms with E-state index in [1.54, 1.807) is 12.1 Å². The van der Waals surface area contributed by atoms with Gasteiger partial charge >= 0.3 is 5.97 Å². The third-order valence-electron chi connectivity index (χ3n) is 2.38. The van der Waals surface area contributed by atoms with Gasteiger partial charge in [-0.25, -0.2) is 4.79 Å². The number of carbonyl (C=O) groups is 1. The molecule has 0 spiro atoms. The second-order valence-corrected chi connectivity index (χ2v) is 4.32. The second kappa shape index (κ2) is 4.84. The summed E-state index contributed by atoms with van der Waals surface area (Å²) in [5.41, 5.74) is 1.49. The minimum Gasteiger partial charge on any atom is -0.491 e. The van der Waals surface area contributed by atoms with Gasteiger partial charge in [-0.2, -0.15) is 0 Å². The van der Waals surface area contributed by atoms with Crippen molar-refractivity contribution in [2.75, 3.05) is 20.3 Å². The molecule has 16 heavy (non-hydrogen) atoms. The van der Waals surface area contributed by atoms with Crippen LogP contribution in [0.4, 0.5) is 0 Å². The summed E-state index contributed by atoms with van der Waals surface area (Å²) in [4.78, 5) is 11.4. The first-order valence-corrected chi connectivity index (χ1v) is 5.76. The molecule has 4 nitrogen and oxygen atoms in total. The number of benzene rings is 1. The number of carbonyl (C=O) groups excluding carboxylic acids is 1. The van der Waals surface area contributed by atoms with Crippen LogP contribution in [0, 0.1) is 0 Å². The van der Waals surface area contributed by atoms with E-state index in [1.165, 1.54) is 7.11 Å². The third kappa shape index (κ3) is 2.20. The lowest BCUT2D eigenvalue weighted by atomic mass is 10.1. The predicted molar refractivity (Wildman–Crippen MR) is 62.7 cm³/mol. The van der Waals surface area contributed by atoms with Gasteiger partial charge in [0.05, 0.1) is 17.1 Å². The Labute approximate surface area is 102 Å². The highest BCUT2D eigenvalue weighted by molar-refractivity contribution is 9.10. The van der Waals surface area contributed by atoms with Gasteiger partial charge in [-0.15, -0.1) is 0 Å². The Morgan fingerprint density at radius 1 is 1.56 bits per heavy atom. The molecule has 1 N–H and O–H groups in total. The molecule has 1 heterocycles. The molecule has 0 saturated heterocycles. The molecular weight excluding hydrogens is 274 g/mol. The van der Waals surface area contributed by atoms with Gasteiger partial charge in [-0.3, -0.25) is 0 Å². The van der Waals surface area contributed by atoms with Gasteiger partial charge in [0.25, 0.3) is 0 Å². The molecule has 1 aromatic carbocycles. The summed E-state index contributed by atoms with van der Waals surface area (Å²) in [5.74, 6) is 0.463. The van der Waals surface area contributed by atoms with Crippen molar-refractivity contribution in [3.05, 3.63) is 27.7 Å². The lowest BCUT2D eigenvalue weighted by Crippen LogP contribution is -2.16. The summed E-state index contributed by atoms with van der Waals surface area (Å²) in [5, 5.41) is 3.22. The number of methoxy groups -OCH3 is 1. The van der Waals surface area contributed by atoms with Gasteiger partial charge in [-0.05, 0) is 28.1 Å². The summed E-state index contributed by atoms with van der Waals surface area (Å²) in [6.07, 6.45) is 0. The molecule has 0 radical (unpaired) electrons. The molecule has 1 aliphatic rings. The van der Waals surface area contributed by atoms with Gasteiger partial charge in [0.1, 0.15) is 12.4 Å². The Kier molecular flexibility index (Phi) is 3.46. The maximum Gasteiger partial charge on any atom is 0.337 e. The minimum atomic E-state index is -0.340. The van der Waals surface area contributed by atoms with E-state index in [2.05, 4.69) is 21.2 Å². The van der Waals surface area contributed by atoms with E-state index in [0.29, 0.717) is 18.7 Å². The van der Waals surface area contributed by atoms with Crippen molar-refractivity contribution in [1.82, 2.24) is 5.32 Å². The van der Waals surface area contributed by atoms with Crippen LogP contribution < -0.4 is 10.1 Å². The van der Waals surface area contributed by atoms with E-state index < -0.39 is 0 Å². The lowest BCUT2D eigenvalue weighted by molar-refractivity contribution is 0.0600. The summed E-state index contributed by atoms with van der Waals surface area (Å²) >= 11 is 3.40. The van der Waals surface area contributed by atoms with Gasteiger partial charge in [0.2, 0.25) is 0 Å². The van der Waals surface area contributed by atoms with Crippen LogP contribution in [0.3, 0.4) is 0 Å². The van der Waals surface area contributed by atoms with Gasteiger partial charge in [0.15, 0.2) is 0 Å². The molecule has 5 heteroatoms. The van der Waals surface area contributed by atoms with Gasteiger partial charge < -0.3 is 14.8 Å². The number of esters is 1. The topological polar surface area (TPSA) is 47.6 Å². The Balaban J connectivity index is 2.43. The fraction of sp³-hybridized carbons (Fsp3) is 0.364. The van der Waals surface area contributed by atoms with Crippen LogP contribution in [-0.2, 0) is 11.3 Å². The zero-order valence-electron chi connectivity index (χ0n) is 8.88. The number of ether oxygens (including phenoxy) is 2. The van der Waals surface area contributed by atoms with E-state index in [1.807, 2.05) is 0 Å². The predicted octanol–water partition coefficient (Wildman–Crippen LogP) is 1.72. The quantitative estimate of drug-likeness (QED) is 0.799. The largest absolute Gasteiger partial charge is 0.491 e. The van der Waals surface area contributed by atoms with Crippen molar-refractivity contribution in [3.8, 4) is 5.75 Å². The van der Waals surface area contributed by atoms with Crippen molar-refractivity contribution in [3.63, 3.8) is 0 Å². The molecule has 0 atom stereocenters. The summed E-state index contributed by atoms with van der Waals surface area (Å²) in [6.45, 7) is 2.12. The highest BCUT2D eigenvalue weighted by Gasteiger charge is 2.16. The van der Waals surface area contributed by atoms with Crippen LogP contribution in [0.2, 0.25) is 0 Å². The third-order valence-corrected chi connectivity index (χ3v) is 2.97. The minimum absolute atomic E-state index is 0.340. The summed E-state index contributed by atoms with van der Waals surface area (Å²) in [7, 11) is 1.37. The SMILES string of the molecule is COC(=O)c1cc(Br)c2c(c1)CNCCO2. The Bertz CT molecular complexity index is 420. The lowest BCUT2D eigenvalue weighted by Gasteiger charge is -2.10. The fourth-order valence-corrected chi connectivity index (χ4v) is 2.24. The summed E-state index contributed by atoms with van der Waals surface area (Å²) < 4.78 is 11.1. The number of fused-ring (bicyclic) bond motifs is 1. The van der Waals surface area contributed by atoms with E-state index in [4.69, 9.17) is 9.47 Å². The first-order chi connectivity index (χ1) is 7.72. The van der Waals surface area contributed by atoms with Gasteiger partial charge in [0, 0.05) is 18.7 Å². The Morgan fingerprint density at radius 2 is 2.38 bits per heavy atom. The Morgan fingerprint density at radius 3 is 3.12 bits per heavy atom. The van der Waals surface area contributed by atoms with Crippen molar-refractivity contribution < 1.29 is 14.3 Å². The van der Waals surface area contributed by atoms with Crippen molar-refractivity contribution >= 4 is 21.9 Å². The van der Waals surface area contributed by atoms with E-state index in [9.17, 15) is 4.79 Å². The molecule has 0 amide bonds. The van der Waals surface area contributed by atoms with E-state index in [0.717, 1.165) is 22.3 Å². The van der Waals surface area contributed by atoms with E-state index in [-0.39, 0.29) is 5.97 Å². The zero-order valence-corrected chi connectivity index (χ0v) is 10.5. The first-order valence-electron chi connectivity index (χ1n) is 4.96. The highest BCUT2D eigenvalue weighted by atomic mass is 79.9. The van der Waals surface area contributed by atoms with Crippen molar-refractivity contribution in [2.45, 2.75) is 6.54 Å². The van der Waals surface area contributed by atoms with Crippen LogP contribution in [0.25, 0.3) is 0 Å². The highest BCUT2D eigenvalue weighted by Crippen LogP contribution is 2.32. The summed E-state index contributed by atoms with van der Waals surface area (Å²) in [6, 6.07) is 3.51. The van der Waals surface area contributed by atoms with Gasteiger partial charge in [-0.1, -0.05) is 0 Å². The number of hydrogen-bond acceptors (Lipinski definition) is 4. The van der Waals surface area contributed by atoms with Crippen LogP contribution in [0.1, 0.15) is 15.9 Å². The molecule has 2 rings (SSSR count). The molecule has 86 valence electrons. The molecule has 0 unspecified atom stereocenters. The van der Waals surface area contributed by atoms with Crippen LogP contribution in [0.15, 0.2) is 16.6 Å². The average Bonchev–Trinajstić information content (AvgIpc) is 2.53. The number of nitrogens with one attached hydrogen (secondary N) is 1. The number of hydrogen-bond donors (Lipinski definition) is 1. The van der Waals surface area contributed by atoms with Crippen LogP contribution in [-0.4, -0.2) is 26.2 Å². The molecule has 0 saturated carbocycles. The second-order valence-electron chi connectivity index (χ2n) is 3.46. The van der Waals surface area contributed by atoms with Crippen LogP contribution >= 0.6 is 15.9 Å². The zero-order chi connectivity index (χ0) is 11.5. The maximum absolute atomic E-state index is 11.4. The monoisotopic (exact) mass is 285 g/mol. The number of halogens is 1. The standard InChI is InChI=1S/C11H12BrNO3/c1-15-11(14)7-4-8-6-13-2-3-16-10(8)9(12)5-7/h4-5,13H,2-3,6H2,1H3. The molecule has 0 bridgehead atoms. The van der Waals surface area contributed by atoms with Crippen LogP contribution in [0.5, 0.6) is 5.75 Å². The molecule has 1 aromatic rings. The number of rotatable bonds is 1. The smallest absolute Gasteiger partial charge is 0.337 e. The first kappa shape index (κ1) is 11.4. The molecule has 0 aliphatic carbocycles. The van der Waals surface area contributed by atoms with E-state index >= 15 is 0 Å². The normalized spacial score (nSPS) is 14.6. The van der Waals surface area contributed by atoms with Crippen molar-refractivity contribution in [1.29, 1.82) is 0 Å². The fourth-order valence-electron chi connectivity index (χ4n) is 1.63. The molecule has 0 aromatic heterocycles. The maximum atomic E-state index is 11.4. The Hall–Kier alpha value is -1.07. The molecule has 1 aliphatic heterocycles. The van der Waals surface area contributed by atoms with Crippen molar-refractivity contribution in [2.24, 2.45) is 0 Å². The average molecular weight is 286 g/mol.